The van der Waals surface area contributed by atoms with Crippen LogP contribution in [-0.4, -0.2) is 32.9 Å². The molecule has 0 saturated heterocycles. The van der Waals surface area contributed by atoms with Crippen LogP contribution in [0.5, 0.6) is 5.75 Å². The van der Waals surface area contributed by atoms with Crippen molar-refractivity contribution in [3.63, 3.8) is 0 Å². The Hall–Kier alpha value is -3.28. The summed E-state index contributed by atoms with van der Waals surface area (Å²) in [6.07, 6.45) is 6.66. The van der Waals surface area contributed by atoms with Gasteiger partial charge in [-0.25, -0.2) is 4.98 Å². The number of carbonyl (C=O) groups is 1. The number of para-hydroxylation sites is 1. The van der Waals surface area contributed by atoms with Gasteiger partial charge in [-0.05, 0) is 42.3 Å². The Morgan fingerprint density at radius 3 is 2.88 bits per heavy atom. The van der Waals surface area contributed by atoms with Crippen molar-refractivity contribution in [2.24, 2.45) is 0 Å². The van der Waals surface area contributed by atoms with Crippen LogP contribution < -0.4 is 5.73 Å². The lowest BCUT2D eigenvalue weighted by molar-refractivity contribution is -0.126. The number of nitrogen functional groups attached to an aromatic ring is 1. The van der Waals surface area contributed by atoms with E-state index in [1.54, 1.807) is 48.5 Å². The molecule has 2 aromatic heterocycles. The molecule has 2 heterocycles. The molecule has 128 valence electrons. The number of anilines is 1. The number of benzene rings is 1. The maximum absolute atomic E-state index is 12.5. The van der Waals surface area contributed by atoms with Gasteiger partial charge in [-0.1, -0.05) is 12.1 Å². The maximum Gasteiger partial charge on any atom is 0.246 e. The summed E-state index contributed by atoms with van der Waals surface area (Å²) >= 11 is 0. The van der Waals surface area contributed by atoms with E-state index >= 15 is 0 Å². The van der Waals surface area contributed by atoms with Gasteiger partial charge in [0.2, 0.25) is 5.91 Å². The quantitative estimate of drug-likeness (QED) is 0.638. The van der Waals surface area contributed by atoms with Crippen molar-refractivity contribution in [2.75, 3.05) is 12.8 Å². The highest BCUT2D eigenvalue weighted by Gasteiger charge is 2.19. The molecule has 1 atom stereocenters. The van der Waals surface area contributed by atoms with Gasteiger partial charge in [0.05, 0.1) is 11.6 Å². The average Bonchev–Trinajstić information content (AvgIpc) is 3.05. The molecular weight excluding hydrogens is 316 g/mol. The lowest BCUT2D eigenvalue weighted by Gasteiger charge is -2.23. The Kier molecular flexibility index (Phi) is 4.43. The number of hydrogen-bond donors (Lipinski definition) is 3. The van der Waals surface area contributed by atoms with E-state index in [0.717, 1.165) is 16.5 Å². The first-order valence-corrected chi connectivity index (χ1v) is 7.92. The number of aromatic nitrogens is 2. The fourth-order valence-electron chi connectivity index (χ4n) is 2.71. The molecule has 0 fully saturated rings. The normalized spacial score (nSPS) is 12.6. The highest BCUT2D eigenvalue weighted by molar-refractivity contribution is 5.93. The molecule has 4 N–H and O–H groups in total. The van der Waals surface area contributed by atoms with E-state index in [1.165, 1.54) is 6.08 Å². The number of rotatable bonds is 4. The number of H-pyrrole nitrogens is 1. The number of carbonyl (C=O) groups excluding carboxylic acids is 1. The third-order valence-corrected chi connectivity index (χ3v) is 4.33. The lowest BCUT2D eigenvalue weighted by atomic mass is 10.1. The highest BCUT2D eigenvalue weighted by atomic mass is 16.3. The monoisotopic (exact) mass is 336 g/mol. The number of hydrogen-bond acceptors (Lipinski definition) is 4. The molecule has 0 radical (unpaired) electrons. The summed E-state index contributed by atoms with van der Waals surface area (Å²) < 4.78 is 0. The largest absolute Gasteiger partial charge is 0.506 e. The van der Waals surface area contributed by atoms with Gasteiger partial charge in [-0.2, -0.15) is 0 Å². The second kappa shape index (κ2) is 6.68. The van der Waals surface area contributed by atoms with Crippen LogP contribution in [0.3, 0.4) is 0 Å². The molecule has 0 aliphatic heterocycles. The summed E-state index contributed by atoms with van der Waals surface area (Å²) in [6, 6.07) is 8.68. The smallest absolute Gasteiger partial charge is 0.246 e. The minimum Gasteiger partial charge on any atom is -0.506 e. The second-order valence-corrected chi connectivity index (χ2v) is 5.92. The molecule has 1 aromatic carbocycles. The van der Waals surface area contributed by atoms with E-state index < -0.39 is 0 Å². The lowest BCUT2D eigenvalue weighted by Crippen LogP contribution is -2.27. The molecule has 25 heavy (non-hydrogen) atoms. The number of nitrogens with two attached hydrogens (primary N) is 1. The first-order chi connectivity index (χ1) is 12.0. The van der Waals surface area contributed by atoms with E-state index in [1.807, 2.05) is 19.2 Å². The van der Waals surface area contributed by atoms with E-state index in [0.29, 0.717) is 11.3 Å². The zero-order valence-electron chi connectivity index (χ0n) is 14.1. The first-order valence-electron chi connectivity index (χ1n) is 7.92. The molecule has 6 nitrogen and oxygen atoms in total. The summed E-state index contributed by atoms with van der Waals surface area (Å²) in [6.45, 7) is 1.95. The molecule has 0 saturated carbocycles. The Balaban J connectivity index is 1.79. The number of phenolic OH excluding ortho intramolecular Hbond substituents is 1. The minimum absolute atomic E-state index is 0.126. The van der Waals surface area contributed by atoms with Crippen molar-refractivity contribution in [2.45, 2.75) is 13.0 Å². The maximum atomic E-state index is 12.5. The number of nitrogens with zero attached hydrogens (tertiary/aromatic N) is 2. The average molecular weight is 336 g/mol. The van der Waals surface area contributed by atoms with E-state index in [4.69, 9.17) is 5.73 Å². The van der Waals surface area contributed by atoms with Crippen LogP contribution in [0.25, 0.3) is 17.0 Å². The van der Waals surface area contributed by atoms with E-state index in [2.05, 4.69) is 9.97 Å². The summed E-state index contributed by atoms with van der Waals surface area (Å²) in [5, 5.41) is 10.8. The Bertz CT molecular complexity index is 928. The number of aromatic amines is 1. The van der Waals surface area contributed by atoms with Gasteiger partial charge >= 0.3 is 0 Å². The number of nitrogens with one attached hydrogen (secondary N) is 1. The Labute approximate surface area is 145 Å². The van der Waals surface area contributed by atoms with Crippen LogP contribution in [0.2, 0.25) is 0 Å². The van der Waals surface area contributed by atoms with Crippen molar-refractivity contribution >= 4 is 28.7 Å². The number of pyridine rings is 1. The number of likely N-dealkylation sites (N-methyl/N-ethyl adjacent to an activating group) is 1. The van der Waals surface area contributed by atoms with Crippen molar-refractivity contribution in [3.8, 4) is 5.75 Å². The zero-order valence-corrected chi connectivity index (χ0v) is 14.1. The molecule has 1 unspecified atom stereocenters. The third-order valence-electron chi connectivity index (χ3n) is 4.33. The van der Waals surface area contributed by atoms with Gasteiger partial charge in [-0.3, -0.25) is 4.79 Å². The number of fused-ring (bicyclic) bond motifs is 1. The van der Waals surface area contributed by atoms with Crippen molar-refractivity contribution in [3.05, 3.63) is 59.9 Å². The predicted octanol–water partition coefficient (Wildman–Crippen LogP) is 3.08. The number of phenols is 1. The van der Waals surface area contributed by atoms with Crippen LogP contribution in [-0.2, 0) is 4.79 Å². The fraction of sp³-hybridized carbons (Fsp3) is 0.158. The Morgan fingerprint density at radius 2 is 2.16 bits per heavy atom. The molecule has 6 heteroatoms. The Morgan fingerprint density at radius 1 is 1.36 bits per heavy atom. The SMILES string of the molecule is CC(c1c[nH]c2c(O)cccc12)N(C)C(=O)C=Cc1ccc(N)nc1. The van der Waals surface area contributed by atoms with Crippen LogP contribution in [0.1, 0.15) is 24.1 Å². The molecule has 0 spiro atoms. The summed E-state index contributed by atoms with van der Waals surface area (Å²) in [7, 11) is 1.75. The van der Waals surface area contributed by atoms with E-state index in [-0.39, 0.29) is 17.7 Å². The predicted molar refractivity (Wildman–Crippen MR) is 98.8 cm³/mol. The van der Waals surface area contributed by atoms with Gasteiger partial charge in [-0.15, -0.1) is 0 Å². The molecular formula is C19H20N4O2. The summed E-state index contributed by atoms with van der Waals surface area (Å²) in [4.78, 5) is 21.2. The van der Waals surface area contributed by atoms with Gasteiger partial charge in [0.15, 0.2) is 0 Å². The van der Waals surface area contributed by atoms with E-state index in [9.17, 15) is 9.90 Å². The molecule has 0 bridgehead atoms. The molecule has 0 aliphatic rings. The van der Waals surface area contributed by atoms with Crippen molar-refractivity contribution in [1.82, 2.24) is 14.9 Å². The number of aromatic hydroxyl groups is 1. The van der Waals surface area contributed by atoms with Gasteiger partial charge in [0.1, 0.15) is 11.6 Å². The van der Waals surface area contributed by atoms with Crippen molar-refractivity contribution < 1.29 is 9.90 Å². The zero-order chi connectivity index (χ0) is 18.0. The van der Waals surface area contributed by atoms with Gasteiger partial charge < -0.3 is 20.7 Å². The van der Waals surface area contributed by atoms with Crippen LogP contribution in [0.15, 0.2) is 48.8 Å². The third kappa shape index (κ3) is 3.33. The first kappa shape index (κ1) is 16.6. The fourth-order valence-corrected chi connectivity index (χ4v) is 2.71. The summed E-state index contributed by atoms with van der Waals surface area (Å²) in [5.74, 6) is 0.510. The molecule has 1 amide bonds. The standard InChI is InChI=1S/C19H20N4O2/c1-12(15-11-22-19-14(15)4-3-5-16(19)24)23(2)18(25)9-7-13-6-8-17(20)21-10-13/h3-12,22,24H,1-2H3,(H2,20,21). The second-order valence-electron chi connectivity index (χ2n) is 5.92. The van der Waals surface area contributed by atoms with Crippen LogP contribution >= 0.6 is 0 Å². The van der Waals surface area contributed by atoms with Gasteiger partial charge in [0, 0.05) is 30.9 Å². The number of amides is 1. The molecule has 0 aliphatic carbocycles. The molecule has 3 aromatic rings. The van der Waals surface area contributed by atoms with Crippen LogP contribution in [0.4, 0.5) is 5.82 Å². The molecule has 3 rings (SSSR count). The highest BCUT2D eigenvalue weighted by Crippen LogP contribution is 2.31. The summed E-state index contributed by atoms with van der Waals surface area (Å²) in [5.41, 5.74) is 7.98. The van der Waals surface area contributed by atoms with Gasteiger partial charge in [0.25, 0.3) is 0 Å². The van der Waals surface area contributed by atoms with Crippen LogP contribution in [0, 0.1) is 0 Å². The topological polar surface area (TPSA) is 95.2 Å². The van der Waals surface area contributed by atoms with Crippen molar-refractivity contribution in [1.29, 1.82) is 0 Å². The minimum atomic E-state index is -0.155.